The fraction of sp³-hybridized carbons (Fsp3) is 0.474. The molecule has 0 N–H and O–H groups in total. The first-order chi connectivity index (χ1) is 14.4. The summed E-state index contributed by atoms with van der Waals surface area (Å²) in [6.07, 6.45) is 0. The molecule has 0 bridgehead atoms. The number of amides is 1. The average molecular weight is 436 g/mol. The Kier molecular flexibility index (Phi) is 5.67. The van der Waals surface area contributed by atoms with Gasteiger partial charge in [-0.3, -0.25) is 9.48 Å². The molecule has 162 valence electrons. The summed E-state index contributed by atoms with van der Waals surface area (Å²) >= 11 is 0. The molecule has 1 fully saturated rings. The van der Waals surface area contributed by atoms with Crippen molar-refractivity contribution < 1.29 is 27.4 Å². The van der Waals surface area contributed by atoms with Gasteiger partial charge in [0.1, 0.15) is 16.4 Å². The van der Waals surface area contributed by atoms with E-state index in [1.807, 2.05) is 0 Å². The minimum absolute atomic E-state index is 0.0435. The van der Waals surface area contributed by atoms with Gasteiger partial charge >= 0.3 is 0 Å². The number of morpholine rings is 1. The molecule has 4 rings (SSSR count). The number of fused-ring (bicyclic) bond motifs is 1. The van der Waals surface area contributed by atoms with Crippen LogP contribution < -0.4 is 9.47 Å². The van der Waals surface area contributed by atoms with Gasteiger partial charge in [-0.2, -0.15) is 9.40 Å². The average Bonchev–Trinajstić information content (AvgIpc) is 3.22. The smallest absolute Gasteiger partial charge is 0.274 e. The Morgan fingerprint density at radius 3 is 2.53 bits per heavy atom. The lowest BCUT2D eigenvalue weighted by Gasteiger charge is -2.27. The maximum atomic E-state index is 13.3. The lowest BCUT2D eigenvalue weighted by atomic mass is 10.3. The van der Waals surface area contributed by atoms with Crippen molar-refractivity contribution in [2.24, 2.45) is 0 Å². The van der Waals surface area contributed by atoms with E-state index in [1.165, 1.54) is 24.6 Å². The molecule has 2 aliphatic rings. The van der Waals surface area contributed by atoms with Gasteiger partial charge in [0.2, 0.25) is 10.0 Å². The van der Waals surface area contributed by atoms with Crippen LogP contribution in [0.4, 0.5) is 0 Å². The van der Waals surface area contributed by atoms with Gasteiger partial charge in [-0.1, -0.05) is 0 Å². The standard InChI is InChI=1S/C19H24N4O6S/c1-27-15-3-4-17(28-2)18(12-15)30(25,26)22-5-6-23-14(13-22)11-16(20-23)19(24)21-7-9-29-10-8-21/h3-4,11-12H,5-10,13H2,1-2H3. The summed E-state index contributed by atoms with van der Waals surface area (Å²) in [5.74, 6) is 0.511. The van der Waals surface area contributed by atoms with Crippen LogP contribution in [0, 0.1) is 0 Å². The number of benzene rings is 1. The molecular weight excluding hydrogens is 412 g/mol. The Hall–Kier alpha value is -2.63. The molecule has 1 amide bonds. The summed E-state index contributed by atoms with van der Waals surface area (Å²) in [7, 11) is -0.933. The zero-order chi connectivity index (χ0) is 21.3. The topological polar surface area (TPSA) is 103 Å². The van der Waals surface area contributed by atoms with Crippen molar-refractivity contribution in [2.45, 2.75) is 18.0 Å². The molecular formula is C19H24N4O6S. The van der Waals surface area contributed by atoms with Crippen LogP contribution in [-0.4, -0.2) is 80.4 Å². The molecule has 11 heteroatoms. The number of aromatic nitrogens is 2. The van der Waals surface area contributed by atoms with Gasteiger partial charge < -0.3 is 19.1 Å². The molecule has 1 saturated heterocycles. The van der Waals surface area contributed by atoms with Crippen LogP contribution in [0.3, 0.4) is 0 Å². The predicted octanol–water partition coefficient (Wildman–Crippen LogP) is 0.577. The first-order valence-corrected chi connectivity index (χ1v) is 11.0. The molecule has 0 radical (unpaired) electrons. The van der Waals surface area contributed by atoms with Gasteiger partial charge in [0, 0.05) is 25.7 Å². The second-order valence-electron chi connectivity index (χ2n) is 7.00. The third-order valence-corrected chi connectivity index (χ3v) is 7.14. The number of ether oxygens (including phenoxy) is 3. The first-order valence-electron chi connectivity index (χ1n) is 9.60. The quantitative estimate of drug-likeness (QED) is 0.675. The molecule has 0 atom stereocenters. The van der Waals surface area contributed by atoms with Crippen molar-refractivity contribution in [1.29, 1.82) is 0 Å². The maximum absolute atomic E-state index is 13.3. The molecule has 2 aromatic rings. The third-order valence-electron chi connectivity index (χ3n) is 5.27. The van der Waals surface area contributed by atoms with Gasteiger partial charge in [-0.25, -0.2) is 8.42 Å². The van der Waals surface area contributed by atoms with Crippen LogP contribution in [0.25, 0.3) is 0 Å². The van der Waals surface area contributed by atoms with Crippen molar-refractivity contribution in [3.8, 4) is 11.5 Å². The Balaban J connectivity index is 1.58. The number of sulfonamides is 1. The SMILES string of the molecule is COc1ccc(OC)c(S(=O)(=O)N2CCn3nc(C(=O)N4CCOCC4)cc3C2)c1. The predicted molar refractivity (Wildman–Crippen MR) is 106 cm³/mol. The Bertz CT molecular complexity index is 1050. The zero-order valence-corrected chi connectivity index (χ0v) is 17.7. The number of nitrogens with zero attached hydrogens (tertiary/aromatic N) is 4. The fourth-order valence-electron chi connectivity index (χ4n) is 3.61. The number of hydrogen-bond donors (Lipinski definition) is 0. The normalized spacial score (nSPS) is 17.5. The van der Waals surface area contributed by atoms with Crippen molar-refractivity contribution in [1.82, 2.24) is 19.0 Å². The van der Waals surface area contributed by atoms with Crippen LogP contribution in [0.5, 0.6) is 11.5 Å². The number of hydrogen-bond acceptors (Lipinski definition) is 7. The fourth-order valence-corrected chi connectivity index (χ4v) is 5.18. The van der Waals surface area contributed by atoms with E-state index >= 15 is 0 Å². The van der Waals surface area contributed by atoms with Crippen molar-refractivity contribution >= 4 is 15.9 Å². The Labute approximate surface area is 175 Å². The molecule has 0 spiro atoms. The summed E-state index contributed by atoms with van der Waals surface area (Å²) in [5, 5.41) is 4.39. The minimum atomic E-state index is -3.84. The van der Waals surface area contributed by atoms with Crippen LogP contribution in [0.1, 0.15) is 16.2 Å². The highest BCUT2D eigenvalue weighted by molar-refractivity contribution is 7.89. The van der Waals surface area contributed by atoms with Gasteiger partial charge in [0.15, 0.2) is 5.69 Å². The van der Waals surface area contributed by atoms with Crippen LogP contribution in [0.2, 0.25) is 0 Å². The Morgan fingerprint density at radius 1 is 1.07 bits per heavy atom. The number of methoxy groups -OCH3 is 2. The molecule has 2 aliphatic heterocycles. The summed E-state index contributed by atoms with van der Waals surface area (Å²) < 4.78 is 45.4. The van der Waals surface area contributed by atoms with Gasteiger partial charge in [-0.05, 0) is 18.2 Å². The molecule has 3 heterocycles. The van der Waals surface area contributed by atoms with Crippen LogP contribution in [0.15, 0.2) is 29.2 Å². The van der Waals surface area contributed by atoms with E-state index < -0.39 is 10.0 Å². The van der Waals surface area contributed by atoms with Gasteiger partial charge in [0.25, 0.3) is 5.91 Å². The molecule has 0 unspecified atom stereocenters. The molecule has 0 aliphatic carbocycles. The summed E-state index contributed by atoms with van der Waals surface area (Å²) in [5.41, 5.74) is 0.994. The second-order valence-corrected chi connectivity index (χ2v) is 8.91. The lowest BCUT2D eigenvalue weighted by Crippen LogP contribution is -2.41. The van der Waals surface area contributed by atoms with Crippen molar-refractivity contribution in [3.05, 3.63) is 35.7 Å². The molecule has 1 aromatic carbocycles. The molecule has 0 saturated carbocycles. The van der Waals surface area contributed by atoms with Gasteiger partial charge in [-0.15, -0.1) is 0 Å². The summed E-state index contributed by atoms with van der Waals surface area (Å²) in [6.45, 7) is 2.78. The van der Waals surface area contributed by atoms with Crippen LogP contribution in [-0.2, 0) is 27.8 Å². The van der Waals surface area contributed by atoms with Crippen molar-refractivity contribution in [2.75, 3.05) is 47.1 Å². The van der Waals surface area contributed by atoms with E-state index in [0.29, 0.717) is 50.0 Å². The van der Waals surface area contributed by atoms with E-state index in [1.54, 1.807) is 27.8 Å². The second kappa shape index (κ2) is 8.25. The van der Waals surface area contributed by atoms with E-state index in [2.05, 4.69) is 5.10 Å². The monoisotopic (exact) mass is 436 g/mol. The highest BCUT2D eigenvalue weighted by Crippen LogP contribution is 2.32. The number of carbonyl (C=O) groups is 1. The van der Waals surface area contributed by atoms with E-state index in [-0.39, 0.29) is 29.6 Å². The number of rotatable bonds is 5. The largest absolute Gasteiger partial charge is 0.497 e. The Morgan fingerprint density at radius 2 is 1.83 bits per heavy atom. The minimum Gasteiger partial charge on any atom is -0.497 e. The molecule has 10 nitrogen and oxygen atoms in total. The lowest BCUT2D eigenvalue weighted by molar-refractivity contribution is 0.0298. The summed E-state index contributed by atoms with van der Waals surface area (Å²) in [6, 6.07) is 6.33. The number of carbonyl (C=O) groups excluding carboxylic acids is 1. The maximum Gasteiger partial charge on any atom is 0.274 e. The van der Waals surface area contributed by atoms with Crippen molar-refractivity contribution in [3.63, 3.8) is 0 Å². The summed E-state index contributed by atoms with van der Waals surface area (Å²) in [4.78, 5) is 14.4. The van der Waals surface area contributed by atoms with Gasteiger partial charge in [0.05, 0.1) is 46.2 Å². The highest BCUT2D eigenvalue weighted by atomic mass is 32.2. The highest BCUT2D eigenvalue weighted by Gasteiger charge is 2.33. The van der Waals surface area contributed by atoms with E-state index in [4.69, 9.17) is 14.2 Å². The zero-order valence-electron chi connectivity index (χ0n) is 16.9. The molecule has 1 aromatic heterocycles. The van der Waals surface area contributed by atoms with Crippen LogP contribution >= 0.6 is 0 Å². The van der Waals surface area contributed by atoms with E-state index in [0.717, 1.165) is 0 Å². The first kappa shape index (κ1) is 20.6. The van der Waals surface area contributed by atoms with E-state index in [9.17, 15) is 13.2 Å². The molecule has 30 heavy (non-hydrogen) atoms. The third kappa shape index (κ3) is 3.75.